The van der Waals surface area contributed by atoms with Crippen LogP contribution in [0.2, 0.25) is 0 Å². The molecule has 0 saturated carbocycles. The highest BCUT2D eigenvalue weighted by Gasteiger charge is 2.28. The fourth-order valence-corrected chi connectivity index (χ4v) is 5.52. The summed E-state index contributed by atoms with van der Waals surface area (Å²) in [7, 11) is -3.59. The van der Waals surface area contributed by atoms with Crippen LogP contribution in [0.5, 0.6) is 0 Å². The highest BCUT2D eigenvalue weighted by Crippen LogP contribution is 2.30. The predicted octanol–water partition coefficient (Wildman–Crippen LogP) is 3.42. The monoisotopic (exact) mass is 415 g/mol. The van der Waals surface area contributed by atoms with Gasteiger partial charge in [-0.1, -0.05) is 38.1 Å². The number of carbonyl (C=O) groups is 1. The first-order valence-corrected chi connectivity index (χ1v) is 11.5. The summed E-state index contributed by atoms with van der Waals surface area (Å²) in [6.07, 6.45) is 0.921. The molecule has 0 spiro atoms. The minimum absolute atomic E-state index is 0.156. The standard InChI is InChI=1S/C22H29N3O3S/c1-5-24(6-2)29(27,28)21-15-19(12-11-16(21)3)23-22(26)17(4)25-14-13-18-9-7-8-10-20(18)25/h7-12,15,17H,5-6,13-14H2,1-4H3,(H,23,26)/t17-/m1/s1. The van der Waals surface area contributed by atoms with Gasteiger partial charge < -0.3 is 10.2 Å². The number of benzene rings is 2. The Labute approximate surface area is 173 Å². The fraction of sp³-hybridized carbons (Fsp3) is 0.409. The summed E-state index contributed by atoms with van der Waals surface area (Å²) in [4.78, 5) is 15.2. The molecule has 0 saturated heterocycles. The molecule has 1 aliphatic heterocycles. The van der Waals surface area contributed by atoms with Crippen LogP contribution in [0.3, 0.4) is 0 Å². The van der Waals surface area contributed by atoms with Gasteiger partial charge in [0.15, 0.2) is 0 Å². The third kappa shape index (κ3) is 4.16. The largest absolute Gasteiger partial charge is 0.359 e. The van der Waals surface area contributed by atoms with E-state index in [9.17, 15) is 13.2 Å². The zero-order valence-corrected chi connectivity index (χ0v) is 18.3. The number of sulfonamides is 1. The summed E-state index contributed by atoms with van der Waals surface area (Å²) in [5, 5.41) is 2.90. The van der Waals surface area contributed by atoms with Crippen molar-refractivity contribution in [3.8, 4) is 0 Å². The zero-order chi connectivity index (χ0) is 21.2. The SMILES string of the molecule is CCN(CC)S(=O)(=O)c1cc(NC(=O)[C@@H](C)N2CCc3ccccc32)ccc1C. The van der Waals surface area contributed by atoms with Crippen LogP contribution < -0.4 is 10.2 Å². The normalized spacial score (nSPS) is 14.7. The molecular formula is C22H29N3O3S. The molecule has 156 valence electrons. The highest BCUT2D eigenvalue weighted by molar-refractivity contribution is 7.89. The van der Waals surface area contributed by atoms with Crippen LogP contribution in [0.25, 0.3) is 0 Å². The number of fused-ring (bicyclic) bond motifs is 1. The third-order valence-electron chi connectivity index (χ3n) is 5.55. The maximum atomic E-state index is 12.9. The molecule has 2 aromatic carbocycles. The van der Waals surface area contributed by atoms with Gasteiger partial charge in [0.05, 0.1) is 4.90 Å². The lowest BCUT2D eigenvalue weighted by molar-refractivity contribution is -0.117. The summed E-state index contributed by atoms with van der Waals surface area (Å²) in [5.74, 6) is -0.156. The van der Waals surface area contributed by atoms with E-state index in [1.54, 1.807) is 25.1 Å². The van der Waals surface area contributed by atoms with Gasteiger partial charge >= 0.3 is 0 Å². The van der Waals surface area contributed by atoms with E-state index in [1.807, 2.05) is 39.0 Å². The van der Waals surface area contributed by atoms with Gasteiger partial charge in [-0.05, 0) is 49.6 Å². The predicted molar refractivity (Wildman–Crippen MR) is 117 cm³/mol. The Kier molecular flexibility index (Phi) is 6.29. The van der Waals surface area contributed by atoms with Gasteiger partial charge in [0.2, 0.25) is 15.9 Å². The van der Waals surface area contributed by atoms with Gasteiger partial charge in [-0.2, -0.15) is 4.31 Å². The molecule has 1 aliphatic rings. The smallest absolute Gasteiger partial charge is 0.246 e. The summed E-state index contributed by atoms with van der Waals surface area (Å²) in [5.41, 5.74) is 3.49. The topological polar surface area (TPSA) is 69.7 Å². The van der Waals surface area contributed by atoms with Crippen molar-refractivity contribution in [1.29, 1.82) is 0 Å². The van der Waals surface area contributed by atoms with Gasteiger partial charge in [-0.3, -0.25) is 4.79 Å². The summed E-state index contributed by atoms with van der Waals surface area (Å²) in [6.45, 7) is 8.88. The first-order chi connectivity index (χ1) is 13.8. The van der Waals surface area contributed by atoms with Crippen molar-refractivity contribution >= 4 is 27.3 Å². The molecule has 3 rings (SSSR count). The van der Waals surface area contributed by atoms with E-state index in [4.69, 9.17) is 0 Å². The van der Waals surface area contributed by atoms with Crippen molar-refractivity contribution in [2.75, 3.05) is 29.9 Å². The second-order valence-corrected chi connectivity index (χ2v) is 9.21. The molecular weight excluding hydrogens is 386 g/mol. The molecule has 0 unspecified atom stereocenters. The average molecular weight is 416 g/mol. The Morgan fingerprint density at radius 1 is 1.17 bits per heavy atom. The third-order valence-corrected chi connectivity index (χ3v) is 7.74. The number of carbonyl (C=O) groups excluding carboxylic acids is 1. The maximum Gasteiger partial charge on any atom is 0.246 e. The molecule has 2 aromatic rings. The molecule has 0 bridgehead atoms. The van der Waals surface area contributed by atoms with Gasteiger partial charge in [0, 0.05) is 31.0 Å². The van der Waals surface area contributed by atoms with Gasteiger partial charge in [-0.15, -0.1) is 0 Å². The van der Waals surface area contributed by atoms with Gasteiger partial charge in [0.25, 0.3) is 0 Å². The quantitative estimate of drug-likeness (QED) is 0.752. The first kappa shape index (κ1) is 21.3. The molecule has 0 radical (unpaired) electrons. The molecule has 1 atom stereocenters. The number of anilines is 2. The summed E-state index contributed by atoms with van der Waals surface area (Å²) < 4.78 is 27.3. The van der Waals surface area contributed by atoms with Crippen molar-refractivity contribution in [3.05, 3.63) is 53.6 Å². The molecule has 7 heteroatoms. The van der Waals surface area contributed by atoms with E-state index in [0.29, 0.717) is 24.3 Å². The van der Waals surface area contributed by atoms with Crippen LogP contribution in [0.15, 0.2) is 47.4 Å². The number of amides is 1. The second kappa shape index (κ2) is 8.55. The lowest BCUT2D eigenvalue weighted by Gasteiger charge is -2.26. The molecule has 0 aromatic heterocycles. The minimum Gasteiger partial charge on any atom is -0.359 e. The summed E-state index contributed by atoms with van der Waals surface area (Å²) in [6, 6.07) is 12.8. The Hall–Kier alpha value is -2.38. The van der Waals surface area contributed by atoms with E-state index in [-0.39, 0.29) is 16.8 Å². The molecule has 1 amide bonds. The lowest BCUT2D eigenvalue weighted by atomic mass is 10.1. The fourth-order valence-electron chi connectivity index (χ4n) is 3.81. The van der Waals surface area contributed by atoms with Crippen LogP contribution in [-0.4, -0.2) is 44.3 Å². The number of nitrogens with one attached hydrogen (secondary N) is 1. The van der Waals surface area contributed by atoms with E-state index in [1.165, 1.54) is 9.87 Å². The first-order valence-electron chi connectivity index (χ1n) is 10.1. The number of aryl methyl sites for hydroxylation is 1. The number of hydrogen-bond donors (Lipinski definition) is 1. The average Bonchev–Trinajstić information content (AvgIpc) is 3.13. The molecule has 0 aliphatic carbocycles. The van der Waals surface area contributed by atoms with E-state index in [0.717, 1.165) is 18.7 Å². The van der Waals surface area contributed by atoms with Crippen LogP contribution in [-0.2, 0) is 21.2 Å². The Balaban J connectivity index is 1.81. The van der Waals surface area contributed by atoms with Crippen LogP contribution in [0.4, 0.5) is 11.4 Å². The van der Waals surface area contributed by atoms with Crippen molar-refractivity contribution in [3.63, 3.8) is 0 Å². The summed E-state index contributed by atoms with van der Waals surface area (Å²) >= 11 is 0. The van der Waals surface area contributed by atoms with Crippen molar-refractivity contribution < 1.29 is 13.2 Å². The zero-order valence-electron chi connectivity index (χ0n) is 17.5. The molecule has 0 fully saturated rings. The molecule has 1 heterocycles. The van der Waals surface area contributed by atoms with Crippen LogP contribution in [0.1, 0.15) is 31.9 Å². The lowest BCUT2D eigenvalue weighted by Crippen LogP contribution is -2.41. The second-order valence-electron chi connectivity index (χ2n) is 7.31. The van der Waals surface area contributed by atoms with Crippen molar-refractivity contribution in [2.45, 2.75) is 45.1 Å². The Morgan fingerprint density at radius 3 is 2.55 bits per heavy atom. The molecule has 29 heavy (non-hydrogen) atoms. The van der Waals surface area contributed by atoms with E-state index in [2.05, 4.69) is 16.3 Å². The van der Waals surface area contributed by atoms with Crippen molar-refractivity contribution in [2.24, 2.45) is 0 Å². The minimum atomic E-state index is -3.59. The van der Waals surface area contributed by atoms with E-state index >= 15 is 0 Å². The molecule has 1 N–H and O–H groups in total. The number of rotatable bonds is 7. The number of para-hydroxylation sites is 1. The van der Waals surface area contributed by atoms with Gasteiger partial charge in [0.1, 0.15) is 6.04 Å². The van der Waals surface area contributed by atoms with Gasteiger partial charge in [-0.25, -0.2) is 8.42 Å². The number of hydrogen-bond acceptors (Lipinski definition) is 4. The number of nitrogens with zero attached hydrogens (tertiary/aromatic N) is 2. The van der Waals surface area contributed by atoms with Crippen LogP contribution in [0, 0.1) is 6.92 Å². The maximum absolute atomic E-state index is 12.9. The Bertz CT molecular complexity index is 1000. The van der Waals surface area contributed by atoms with Crippen LogP contribution >= 0.6 is 0 Å². The Morgan fingerprint density at radius 2 is 1.86 bits per heavy atom. The van der Waals surface area contributed by atoms with Crippen molar-refractivity contribution in [1.82, 2.24) is 4.31 Å². The van der Waals surface area contributed by atoms with E-state index < -0.39 is 10.0 Å². The highest BCUT2D eigenvalue weighted by atomic mass is 32.2. The molecule has 6 nitrogen and oxygen atoms in total.